The molecule has 1 aromatic carbocycles. The van der Waals surface area contributed by atoms with Gasteiger partial charge >= 0.3 is 0 Å². The minimum Gasteiger partial charge on any atom is -0.305 e. The van der Waals surface area contributed by atoms with Crippen LogP contribution in [0, 0.1) is 0 Å². The average Bonchev–Trinajstić information content (AvgIpc) is 2.66. The van der Waals surface area contributed by atoms with Gasteiger partial charge in [0.05, 0.1) is 11.3 Å². The van der Waals surface area contributed by atoms with Crippen LogP contribution in [-0.4, -0.2) is 34.1 Å². The lowest BCUT2D eigenvalue weighted by Crippen LogP contribution is -2.18. The first kappa shape index (κ1) is 26.0. The molecule has 1 amide bonds. The molecule has 2 aromatic rings. The van der Waals surface area contributed by atoms with E-state index < -0.39 is 22.2 Å². The van der Waals surface area contributed by atoms with Gasteiger partial charge in [-0.15, -0.1) is 4.36 Å². The number of nitrogens with zero attached hydrogens (tertiary/aromatic N) is 3. The van der Waals surface area contributed by atoms with Crippen LogP contribution < -0.4 is 5.14 Å². The van der Waals surface area contributed by atoms with E-state index in [0.717, 1.165) is 5.56 Å². The molecule has 0 saturated heterocycles. The van der Waals surface area contributed by atoms with E-state index in [1.165, 1.54) is 6.07 Å². The minimum atomic E-state index is -3.44. The number of pyridine rings is 1. The van der Waals surface area contributed by atoms with Crippen LogP contribution in [-0.2, 0) is 27.7 Å². The zero-order valence-corrected chi connectivity index (χ0v) is 20.2. The molecule has 0 fully saturated rings. The molecule has 0 aliphatic heterocycles. The Morgan fingerprint density at radius 3 is 2.19 bits per heavy atom. The molecule has 0 aliphatic carbocycles. The normalized spacial score (nSPS) is 13.8. The van der Waals surface area contributed by atoms with Crippen molar-refractivity contribution in [3.63, 3.8) is 0 Å². The molecule has 6 nitrogen and oxygen atoms in total. The largest absolute Gasteiger partial charge is 0.305 e. The van der Waals surface area contributed by atoms with Crippen LogP contribution in [0.5, 0.6) is 0 Å². The number of hydrogen-bond donors (Lipinski definition) is 1. The predicted molar refractivity (Wildman–Crippen MR) is 123 cm³/mol. The number of alkyl halides is 2. The zero-order valence-electron chi connectivity index (χ0n) is 19.4. The van der Waals surface area contributed by atoms with Crippen molar-refractivity contribution >= 4 is 15.8 Å². The fourth-order valence-electron chi connectivity index (χ4n) is 3.47. The SMILES string of the molecule is CC(C)c1cc(C(F)F)nc(C(C)C)c1CC(=O)N=S(N)(=O)c1ccc(CN(C)C)cc1. The van der Waals surface area contributed by atoms with Crippen LogP contribution in [0.3, 0.4) is 0 Å². The van der Waals surface area contributed by atoms with Crippen molar-refractivity contribution in [1.29, 1.82) is 0 Å². The van der Waals surface area contributed by atoms with Gasteiger partial charge < -0.3 is 4.90 Å². The summed E-state index contributed by atoms with van der Waals surface area (Å²) in [6.07, 6.45) is -2.91. The monoisotopic (exact) mass is 466 g/mol. The summed E-state index contributed by atoms with van der Waals surface area (Å²) in [5.74, 6) is -0.965. The Bertz CT molecular complexity index is 1040. The highest BCUT2D eigenvalue weighted by Crippen LogP contribution is 2.31. The average molecular weight is 467 g/mol. The molecule has 2 rings (SSSR count). The van der Waals surface area contributed by atoms with Crippen LogP contribution in [0.1, 0.15) is 74.0 Å². The van der Waals surface area contributed by atoms with Crippen molar-refractivity contribution in [2.75, 3.05) is 14.1 Å². The summed E-state index contributed by atoms with van der Waals surface area (Å²) in [5, 5.41) is 5.92. The van der Waals surface area contributed by atoms with E-state index >= 15 is 0 Å². The van der Waals surface area contributed by atoms with E-state index in [1.807, 2.05) is 46.7 Å². The number of rotatable bonds is 8. The summed E-state index contributed by atoms with van der Waals surface area (Å²) in [6, 6.07) is 8.14. The molecule has 0 spiro atoms. The molecule has 1 atom stereocenters. The number of hydrogen-bond acceptors (Lipinski definition) is 4. The summed E-state index contributed by atoms with van der Waals surface area (Å²) in [5.41, 5.74) is 2.27. The first-order valence-electron chi connectivity index (χ1n) is 10.4. The Hall–Kier alpha value is -2.23. The second kappa shape index (κ2) is 10.6. The molecule has 176 valence electrons. The molecule has 0 bridgehead atoms. The molecule has 32 heavy (non-hydrogen) atoms. The van der Waals surface area contributed by atoms with Crippen molar-refractivity contribution in [3.05, 3.63) is 58.4 Å². The summed E-state index contributed by atoms with van der Waals surface area (Å²) < 4.78 is 43.5. The lowest BCUT2D eigenvalue weighted by Gasteiger charge is -2.19. The summed E-state index contributed by atoms with van der Waals surface area (Å²) in [7, 11) is 0.435. The third-order valence-electron chi connectivity index (χ3n) is 4.93. The van der Waals surface area contributed by atoms with Gasteiger partial charge in [0.25, 0.3) is 12.3 Å². The number of carbonyl (C=O) groups excluding carboxylic acids is 1. The summed E-state index contributed by atoms with van der Waals surface area (Å²) in [6.45, 7) is 8.09. The highest BCUT2D eigenvalue weighted by atomic mass is 32.2. The third-order valence-corrected chi connectivity index (χ3v) is 6.35. The van der Waals surface area contributed by atoms with Gasteiger partial charge in [0.2, 0.25) is 0 Å². The fourth-order valence-corrected chi connectivity index (χ4v) is 4.47. The molecule has 0 saturated carbocycles. The number of benzene rings is 1. The Labute approximate surface area is 189 Å². The maximum absolute atomic E-state index is 13.4. The number of nitrogens with two attached hydrogens (primary N) is 1. The highest BCUT2D eigenvalue weighted by Gasteiger charge is 2.23. The molecule has 0 aliphatic rings. The molecule has 0 radical (unpaired) electrons. The van der Waals surface area contributed by atoms with E-state index in [-0.39, 0.29) is 28.8 Å². The van der Waals surface area contributed by atoms with Crippen LogP contribution >= 0.6 is 0 Å². The molecule has 1 unspecified atom stereocenters. The van der Waals surface area contributed by atoms with E-state index in [1.54, 1.807) is 24.3 Å². The molecule has 1 heterocycles. The second-order valence-corrected chi connectivity index (χ2v) is 10.5. The Balaban J connectivity index is 2.43. The Morgan fingerprint density at radius 1 is 1.12 bits per heavy atom. The van der Waals surface area contributed by atoms with Gasteiger partial charge in [-0.3, -0.25) is 9.78 Å². The summed E-state index contributed by atoms with van der Waals surface area (Å²) in [4.78, 5) is 19.1. The number of amides is 1. The molecule has 9 heteroatoms. The highest BCUT2D eigenvalue weighted by molar-refractivity contribution is 7.91. The van der Waals surface area contributed by atoms with Crippen molar-refractivity contribution in [2.24, 2.45) is 9.50 Å². The van der Waals surface area contributed by atoms with Crippen LogP contribution in [0.2, 0.25) is 0 Å². The first-order chi connectivity index (χ1) is 14.8. The van der Waals surface area contributed by atoms with Crippen molar-refractivity contribution < 1.29 is 17.8 Å². The topological polar surface area (TPSA) is 88.6 Å². The first-order valence-corrected chi connectivity index (χ1v) is 12.0. The minimum absolute atomic E-state index is 0.109. The van der Waals surface area contributed by atoms with Gasteiger partial charge in [0, 0.05) is 12.2 Å². The molecular weight excluding hydrogens is 434 g/mol. The van der Waals surface area contributed by atoms with E-state index in [0.29, 0.717) is 23.4 Å². The van der Waals surface area contributed by atoms with Crippen LogP contribution in [0.4, 0.5) is 8.78 Å². The standard InChI is InChI=1S/C23H32F2N4O2S/c1-14(2)18-11-20(23(24)25)27-22(15(3)4)19(18)12-21(30)28-32(26,31)17-9-7-16(8-10-17)13-29(5)6/h7-11,14-15,23H,12-13H2,1-6H3,(H2,26,28,30,31). The van der Waals surface area contributed by atoms with Gasteiger partial charge in [0.1, 0.15) is 15.6 Å². The molecule has 1 aromatic heterocycles. The lowest BCUT2D eigenvalue weighted by molar-refractivity contribution is -0.117. The van der Waals surface area contributed by atoms with E-state index in [4.69, 9.17) is 5.14 Å². The molecular formula is C23H32F2N4O2S. The third kappa shape index (κ3) is 6.63. The smallest absolute Gasteiger partial charge is 0.280 e. The molecule has 2 N–H and O–H groups in total. The fraction of sp³-hybridized carbons (Fsp3) is 0.478. The maximum Gasteiger partial charge on any atom is 0.280 e. The van der Waals surface area contributed by atoms with Crippen molar-refractivity contribution in [3.8, 4) is 0 Å². The maximum atomic E-state index is 13.4. The Morgan fingerprint density at radius 2 is 1.72 bits per heavy atom. The number of carbonyl (C=O) groups is 1. The van der Waals surface area contributed by atoms with E-state index in [2.05, 4.69) is 9.35 Å². The van der Waals surface area contributed by atoms with Crippen molar-refractivity contribution in [1.82, 2.24) is 9.88 Å². The van der Waals surface area contributed by atoms with Gasteiger partial charge in [-0.1, -0.05) is 39.8 Å². The summed E-state index contributed by atoms with van der Waals surface area (Å²) >= 11 is 0. The second-order valence-electron chi connectivity index (χ2n) is 8.72. The lowest BCUT2D eigenvalue weighted by atomic mass is 9.90. The van der Waals surface area contributed by atoms with E-state index in [9.17, 15) is 17.8 Å². The number of halogens is 2. The quantitative estimate of drug-likeness (QED) is 0.605. The predicted octanol–water partition coefficient (Wildman–Crippen LogP) is 4.80. The zero-order chi connectivity index (χ0) is 24.2. The van der Waals surface area contributed by atoms with Gasteiger partial charge in [0.15, 0.2) is 0 Å². The Kier molecular flexibility index (Phi) is 8.61. The van der Waals surface area contributed by atoms with Crippen molar-refractivity contribution in [2.45, 2.75) is 63.8 Å². The van der Waals surface area contributed by atoms with Crippen LogP contribution in [0.25, 0.3) is 0 Å². The van der Waals surface area contributed by atoms with Gasteiger partial charge in [-0.05, 0) is 60.8 Å². The van der Waals surface area contributed by atoms with Gasteiger partial charge in [-0.25, -0.2) is 18.1 Å². The van der Waals surface area contributed by atoms with Crippen LogP contribution in [0.15, 0.2) is 39.6 Å². The number of aromatic nitrogens is 1. The van der Waals surface area contributed by atoms with Gasteiger partial charge in [-0.2, -0.15) is 0 Å².